The van der Waals surface area contributed by atoms with Crippen LogP contribution in [0.1, 0.15) is 40.2 Å². The second kappa shape index (κ2) is 12.1. The minimum Gasteiger partial charge on any atom is -0.493 e. The van der Waals surface area contributed by atoms with Crippen molar-refractivity contribution in [1.29, 1.82) is 0 Å². The lowest BCUT2D eigenvalue weighted by Gasteiger charge is -2.20. The van der Waals surface area contributed by atoms with Gasteiger partial charge in [0.05, 0.1) is 18.6 Å². The zero-order valence-electron chi connectivity index (χ0n) is 24.9. The average Bonchev–Trinajstić information content (AvgIpc) is 3.62. The normalized spacial score (nSPS) is 16.6. The Morgan fingerprint density at radius 1 is 1.05 bits per heavy atom. The number of anilines is 1. The van der Waals surface area contributed by atoms with E-state index in [0.717, 1.165) is 5.56 Å². The second-order valence-electron chi connectivity index (χ2n) is 11.4. The number of rotatable bonds is 10. The van der Waals surface area contributed by atoms with Gasteiger partial charge in [-0.2, -0.15) is 16.3 Å². The highest BCUT2D eigenvalue weighted by Gasteiger charge is 2.34. The monoisotopic (exact) mass is 625 g/mol. The Morgan fingerprint density at radius 2 is 1.77 bits per heavy atom. The maximum atomic E-state index is 13.7. The third kappa shape index (κ3) is 7.27. The largest absolute Gasteiger partial charge is 0.493 e. The highest BCUT2D eigenvalue weighted by atomic mass is 32.2. The molecule has 10 nitrogen and oxygen atoms in total. The van der Waals surface area contributed by atoms with Crippen LogP contribution in [-0.2, 0) is 24.9 Å². The number of aromatic nitrogens is 2. The molecule has 2 aromatic carbocycles. The number of hydrogen-bond donors (Lipinski definition) is 1. The minimum atomic E-state index is -4.10. The van der Waals surface area contributed by atoms with E-state index in [-0.39, 0.29) is 46.3 Å². The molecule has 12 heteroatoms. The molecule has 2 aromatic heterocycles. The fourth-order valence-electron chi connectivity index (χ4n) is 4.36. The van der Waals surface area contributed by atoms with Crippen LogP contribution in [0.25, 0.3) is 11.4 Å². The SMILES string of the molecule is COc1ccccc1Oc1c(NS(=O)(=O)c2ccc(C(C)(C)C)cc2)nc(-c2ccsc2)nc1OC[C@H]1COC(C)(C)O1. The van der Waals surface area contributed by atoms with Crippen LogP contribution in [0.2, 0.25) is 0 Å². The molecule has 4 aromatic rings. The summed E-state index contributed by atoms with van der Waals surface area (Å²) in [4.78, 5) is 9.31. The molecule has 1 N–H and O–H groups in total. The standard InChI is InChI=1S/C31H35N3O7S2/c1-30(2,3)21-11-13-23(14-12-21)43(35,36)34-28-26(40-25-10-8-7-9-24(25)37-6)29(33-27(32-28)20-15-16-42-19-20)38-17-22-18-39-31(4,5)41-22/h7-16,19,22H,17-18H2,1-6H3,(H,32,33,34)/t22-/m0/s1. The highest BCUT2D eigenvalue weighted by molar-refractivity contribution is 7.92. The second-order valence-corrected chi connectivity index (χ2v) is 13.9. The fraction of sp³-hybridized carbons (Fsp3) is 0.355. The van der Waals surface area contributed by atoms with Crippen molar-refractivity contribution < 1.29 is 32.1 Å². The van der Waals surface area contributed by atoms with Crippen LogP contribution in [0.15, 0.2) is 70.3 Å². The van der Waals surface area contributed by atoms with Gasteiger partial charge in [-0.1, -0.05) is 45.0 Å². The first-order chi connectivity index (χ1) is 20.3. The molecule has 0 unspecified atom stereocenters. The van der Waals surface area contributed by atoms with Crippen molar-refractivity contribution in [3.8, 4) is 34.5 Å². The van der Waals surface area contributed by atoms with E-state index in [4.69, 9.17) is 23.7 Å². The summed E-state index contributed by atoms with van der Waals surface area (Å²) < 4.78 is 59.5. The predicted molar refractivity (Wildman–Crippen MR) is 165 cm³/mol. The lowest BCUT2D eigenvalue weighted by atomic mass is 9.87. The van der Waals surface area contributed by atoms with Gasteiger partial charge in [-0.05, 0) is 60.5 Å². The van der Waals surface area contributed by atoms with Crippen molar-refractivity contribution in [3.05, 3.63) is 70.9 Å². The molecule has 0 aliphatic carbocycles. The van der Waals surface area contributed by atoms with Gasteiger partial charge in [0.1, 0.15) is 12.7 Å². The van der Waals surface area contributed by atoms with Crippen molar-refractivity contribution in [2.75, 3.05) is 25.0 Å². The van der Waals surface area contributed by atoms with Crippen LogP contribution in [0.4, 0.5) is 5.82 Å². The van der Waals surface area contributed by atoms with Gasteiger partial charge >= 0.3 is 0 Å². The number of sulfonamides is 1. The molecule has 1 fully saturated rings. The van der Waals surface area contributed by atoms with Crippen LogP contribution >= 0.6 is 11.3 Å². The Labute approximate surface area is 256 Å². The summed E-state index contributed by atoms with van der Waals surface area (Å²) in [6.07, 6.45) is -0.379. The summed E-state index contributed by atoms with van der Waals surface area (Å²) in [6, 6.07) is 15.6. The Bertz CT molecular complexity index is 1670. The number of benzene rings is 2. The molecule has 1 atom stereocenters. The number of ether oxygens (including phenoxy) is 5. The lowest BCUT2D eigenvalue weighted by molar-refractivity contribution is -0.141. The summed E-state index contributed by atoms with van der Waals surface area (Å²) in [5.74, 6) is 0.151. The molecular weight excluding hydrogens is 590 g/mol. The molecule has 0 spiro atoms. The van der Waals surface area contributed by atoms with Gasteiger partial charge in [-0.25, -0.2) is 13.4 Å². The zero-order valence-corrected chi connectivity index (χ0v) is 26.5. The predicted octanol–water partition coefficient (Wildman–Crippen LogP) is 6.63. The maximum Gasteiger partial charge on any atom is 0.263 e. The smallest absolute Gasteiger partial charge is 0.263 e. The quantitative estimate of drug-likeness (QED) is 0.207. The third-order valence-corrected chi connectivity index (χ3v) is 8.67. The number of nitrogens with one attached hydrogen (secondary N) is 1. The molecule has 0 bridgehead atoms. The molecule has 5 rings (SSSR count). The Hall–Kier alpha value is -3.71. The highest BCUT2D eigenvalue weighted by Crippen LogP contribution is 2.42. The molecule has 3 heterocycles. The number of hydrogen-bond acceptors (Lipinski definition) is 10. The first-order valence-electron chi connectivity index (χ1n) is 13.7. The molecule has 1 aliphatic rings. The van der Waals surface area contributed by atoms with E-state index >= 15 is 0 Å². The van der Waals surface area contributed by atoms with Crippen LogP contribution in [0.3, 0.4) is 0 Å². The first-order valence-corrected chi connectivity index (χ1v) is 16.1. The Morgan fingerprint density at radius 3 is 2.37 bits per heavy atom. The number of methoxy groups -OCH3 is 1. The summed E-state index contributed by atoms with van der Waals surface area (Å²) in [6.45, 7) is 10.2. The number of thiophene rings is 1. The van der Waals surface area contributed by atoms with E-state index in [1.807, 2.05) is 30.7 Å². The number of nitrogens with zero attached hydrogens (tertiary/aromatic N) is 2. The third-order valence-electron chi connectivity index (χ3n) is 6.63. The fourth-order valence-corrected chi connectivity index (χ4v) is 6.00. The molecule has 0 amide bonds. The lowest BCUT2D eigenvalue weighted by Crippen LogP contribution is -2.25. The Kier molecular flexibility index (Phi) is 8.66. The molecule has 43 heavy (non-hydrogen) atoms. The van der Waals surface area contributed by atoms with E-state index in [1.54, 1.807) is 48.5 Å². The Balaban J connectivity index is 1.59. The van der Waals surface area contributed by atoms with Crippen molar-refractivity contribution in [3.63, 3.8) is 0 Å². The molecular formula is C31H35N3O7S2. The van der Waals surface area contributed by atoms with Gasteiger partial charge in [0.25, 0.3) is 15.9 Å². The van der Waals surface area contributed by atoms with E-state index in [1.165, 1.54) is 18.4 Å². The molecule has 0 radical (unpaired) electrons. The van der Waals surface area contributed by atoms with E-state index in [2.05, 4.69) is 35.5 Å². The molecule has 1 saturated heterocycles. The topological polar surface area (TPSA) is 118 Å². The van der Waals surface area contributed by atoms with Crippen molar-refractivity contribution in [2.24, 2.45) is 0 Å². The first kappa shape index (κ1) is 30.7. The van der Waals surface area contributed by atoms with Crippen LogP contribution in [-0.4, -0.2) is 50.6 Å². The number of para-hydroxylation sites is 2. The van der Waals surface area contributed by atoms with Gasteiger partial charge in [-0.15, -0.1) is 0 Å². The van der Waals surface area contributed by atoms with Crippen LogP contribution < -0.4 is 18.9 Å². The van der Waals surface area contributed by atoms with Gasteiger partial charge in [-0.3, -0.25) is 4.72 Å². The van der Waals surface area contributed by atoms with Crippen molar-refractivity contribution in [2.45, 2.75) is 56.8 Å². The summed E-state index contributed by atoms with van der Waals surface area (Å²) >= 11 is 1.46. The van der Waals surface area contributed by atoms with Gasteiger partial charge in [0, 0.05) is 10.9 Å². The minimum absolute atomic E-state index is 0.0243. The van der Waals surface area contributed by atoms with Crippen molar-refractivity contribution >= 4 is 27.2 Å². The summed E-state index contributed by atoms with van der Waals surface area (Å²) in [5, 5.41) is 3.74. The van der Waals surface area contributed by atoms with Gasteiger partial charge in [0.15, 0.2) is 28.9 Å². The van der Waals surface area contributed by atoms with Crippen LogP contribution in [0.5, 0.6) is 23.1 Å². The average molecular weight is 626 g/mol. The molecule has 228 valence electrons. The van der Waals surface area contributed by atoms with E-state index in [9.17, 15) is 8.42 Å². The van der Waals surface area contributed by atoms with E-state index in [0.29, 0.717) is 23.7 Å². The summed E-state index contributed by atoms with van der Waals surface area (Å²) in [7, 11) is -2.59. The molecule has 0 saturated carbocycles. The maximum absolute atomic E-state index is 13.7. The van der Waals surface area contributed by atoms with Gasteiger partial charge < -0.3 is 23.7 Å². The van der Waals surface area contributed by atoms with Gasteiger partial charge in [0.2, 0.25) is 5.75 Å². The molecule has 1 aliphatic heterocycles. The van der Waals surface area contributed by atoms with E-state index < -0.39 is 15.8 Å². The van der Waals surface area contributed by atoms with Crippen LogP contribution in [0, 0.1) is 0 Å². The summed E-state index contributed by atoms with van der Waals surface area (Å²) in [5.41, 5.74) is 1.56. The zero-order chi connectivity index (χ0) is 30.8. The van der Waals surface area contributed by atoms with Crippen molar-refractivity contribution in [1.82, 2.24) is 9.97 Å².